The maximum absolute atomic E-state index is 14.4. The Morgan fingerprint density at radius 2 is 0.814 bits per heavy atom. The first-order valence-corrected chi connectivity index (χ1v) is 42.0. The van der Waals surface area contributed by atoms with Crippen molar-refractivity contribution in [3.8, 4) is 17.2 Å². The Bertz CT molecular complexity index is 2560. The van der Waals surface area contributed by atoms with Crippen LogP contribution in [0.1, 0.15) is 403 Å². The van der Waals surface area contributed by atoms with Crippen molar-refractivity contribution in [2.45, 2.75) is 413 Å². The molecule has 0 N–H and O–H groups in total. The third-order valence-corrected chi connectivity index (χ3v) is 20.2. The number of nitrogens with zero attached hydrogens (tertiary/aromatic N) is 3. The van der Waals surface area contributed by atoms with Crippen molar-refractivity contribution in [3.63, 3.8) is 0 Å². The molecule has 0 unspecified atom stereocenters. The molecule has 102 heavy (non-hydrogen) atoms. The van der Waals surface area contributed by atoms with Crippen LogP contribution in [0, 0.1) is 6.92 Å². The summed E-state index contributed by atoms with van der Waals surface area (Å²) >= 11 is 0. The molecule has 1 aromatic heterocycles. The number of Topliss-reactive ketones (excluding diaryl/α,β-unsaturated/α-hetero) is 1. The van der Waals surface area contributed by atoms with E-state index >= 15 is 0 Å². The summed E-state index contributed by atoms with van der Waals surface area (Å²) in [7, 11) is 1.65. The van der Waals surface area contributed by atoms with Crippen LogP contribution in [-0.2, 0) is 44.9 Å². The minimum atomic E-state index is -0.883. The molecule has 2 aromatic rings. The van der Waals surface area contributed by atoms with Crippen LogP contribution in [0.25, 0.3) is 0 Å². The first kappa shape index (κ1) is 91.0. The second-order valence-corrected chi connectivity index (χ2v) is 29.6. The number of amides is 1. The summed E-state index contributed by atoms with van der Waals surface area (Å²) in [4.78, 5) is 92.7. The van der Waals surface area contributed by atoms with E-state index in [1.165, 1.54) is 286 Å². The molecule has 3 rings (SSSR count). The van der Waals surface area contributed by atoms with Gasteiger partial charge >= 0.3 is 23.6 Å². The Kier molecular flexibility index (Phi) is 54.4. The molecule has 1 aliphatic rings. The van der Waals surface area contributed by atoms with Gasteiger partial charge in [-0.15, -0.1) is 0 Å². The van der Waals surface area contributed by atoms with Gasteiger partial charge < -0.3 is 42.9 Å². The molecular formula is C85H147N3O14. The Balaban J connectivity index is 1.63. The molecule has 1 aromatic carbocycles. The van der Waals surface area contributed by atoms with Crippen molar-refractivity contribution in [1.82, 2.24) is 14.0 Å². The zero-order valence-corrected chi connectivity index (χ0v) is 65.9. The number of esters is 3. The number of ketones is 1. The van der Waals surface area contributed by atoms with E-state index in [2.05, 4.69) is 20.8 Å². The highest BCUT2D eigenvalue weighted by atomic mass is 16.6. The summed E-state index contributed by atoms with van der Waals surface area (Å²) in [5.74, 6) is -0.987. The van der Waals surface area contributed by atoms with E-state index in [1.54, 1.807) is 19.2 Å². The summed E-state index contributed by atoms with van der Waals surface area (Å²) in [5, 5.41) is 0. The lowest BCUT2D eigenvalue weighted by molar-refractivity contribution is -0.153. The SMILES string of the molecule is CCCCCCCCCCCCCCCCCCOc1cc(C(=O)N(C)CCOC(=O)CCC(=O)OCn2c(=O)c(C)cn([C@H]3C[C@@H](OC(=O)CCC(C)=O)[C@@H](CC)O3)c2=O)cc(OCCCCCCCCCCCCCCCCCC)c1OCCCCCCCCCCCCCCCCCC. The number of benzene rings is 1. The fraction of sp³-hybridized carbons (Fsp3) is 0.824. The predicted molar refractivity (Wildman–Crippen MR) is 413 cm³/mol. The zero-order chi connectivity index (χ0) is 73.9. The van der Waals surface area contributed by atoms with Crippen LogP contribution in [0.15, 0.2) is 27.9 Å². The Morgan fingerprint density at radius 1 is 0.461 bits per heavy atom. The molecule has 17 heteroatoms. The Morgan fingerprint density at radius 3 is 1.19 bits per heavy atom. The van der Waals surface area contributed by atoms with Crippen LogP contribution < -0.4 is 25.5 Å². The quantitative estimate of drug-likeness (QED) is 0.0344. The van der Waals surface area contributed by atoms with E-state index in [4.69, 9.17) is 33.2 Å². The topological polar surface area (TPSA) is 197 Å². The summed E-state index contributed by atoms with van der Waals surface area (Å²) in [6, 6.07) is 3.54. The van der Waals surface area contributed by atoms with Crippen molar-refractivity contribution in [2.24, 2.45) is 0 Å². The monoisotopic (exact) mass is 1430 g/mol. The van der Waals surface area contributed by atoms with Crippen LogP contribution >= 0.6 is 0 Å². The maximum atomic E-state index is 14.4. The summed E-state index contributed by atoms with van der Waals surface area (Å²) in [6.45, 7) is 12.3. The Hall–Kier alpha value is -5.19. The first-order valence-electron chi connectivity index (χ1n) is 42.0. The zero-order valence-electron chi connectivity index (χ0n) is 65.9. The number of hydrogen-bond donors (Lipinski definition) is 0. The molecule has 0 saturated carbocycles. The van der Waals surface area contributed by atoms with E-state index in [1.807, 2.05) is 6.92 Å². The third kappa shape index (κ3) is 43.3. The fourth-order valence-electron chi connectivity index (χ4n) is 13.6. The predicted octanol–water partition coefficient (Wildman–Crippen LogP) is 21.8. The Labute approximate surface area is 618 Å². The molecule has 0 radical (unpaired) electrons. The molecule has 2 heterocycles. The number of carbonyl (C=O) groups excluding carboxylic acids is 5. The molecule has 0 bridgehead atoms. The molecule has 3 atom stereocenters. The van der Waals surface area contributed by atoms with Gasteiger partial charge in [-0.2, -0.15) is 0 Å². The van der Waals surface area contributed by atoms with Gasteiger partial charge in [0.15, 0.2) is 18.2 Å². The van der Waals surface area contributed by atoms with E-state index in [9.17, 15) is 33.6 Å². The largest absolute Gasteiger partial charge is 0.490 e. The second kappa shape index (κ2) is 61.0. The lowest BCUT2D eigenvalue weighted by Gasteiger charge is -2.21. The van der Waals surface area contributed by atoms with Gasteiger partial charge in [0.05, 0.1) is 51.7 Å². The van der Waals surface area contributed by atoms with Gasteiger partial charge in [-0.25, -0.2) is 9.36 Å². The van der Waals surface area contributed by atoms with Gasteiger partial charge in [0.25, 0.3) is 11.5 Å². The average Bonchev–Trinajstić information content (AvgIpc) is 1.47. The number of aryl methyl sites for hydroxylation is 1. The number of likely N-dealkylation sites (N-methyl/N-ethyl adjacent to an activating group) is 1. The van der Waals surface area contributed by atoms with Gasteiger partial charge in [0, 0.05) is 37.2 Å². The van der Waals surface area contributed by atoms with Crippen LogP contribution in [0.4, 0.5) is 0 Å². The summed E-state index contributed by atoms with van der Waals surface area (Å²) < 4.78 is 44.5. The van der Waals surface area contributed by atoms with Gasteiger partial charge in [0.1, 0.15) is 24.7 Å². The highest BCUT2D eigenvalue weighted by molar-refractivity contribution is 5.95. The number of ether oxygens (including phenoxy) is 7. The van der Waals surface area contributed by atoms with Crippen LogP contribution in [0.2, 0.25) is 0 Å². The van der Waals surface area contributed by atoms with Crippen molar-refractivity contribution in [3.05, 3.63) is 50.3 Å². The number of unbranched alkanes of at least 4 members (excludes halogenated alkanes) is 45. The maximum Gasteiger partial charge on any atom is 0.335 e. The minimum Gasteiger partial charge on any atom is -0.490 e. The number of rotatable bonds is 69. The highest BCUT2D eigenvalue weighted by Crippen LogP contribution is 2.40. The number of carbonyl (C=O) groups is 5. The van der Waals surface area contributed by atoms with Gasteiger partial charge in [-0.05, 0) is 51.7 Å². The second-order valence-electron chi connectivity index (χ2n) is 29.6. The van der Waals surface area contributed by atoms with Gasteiger partial charge in [-0.1, -0.05) is 317 Å². The molecular weight excluding hydrogens is 1290 g/mol. The van der Waals surface area contributed by atoms with Crippen molar-refractivity contribution < 1.29 is 57.1 Å². The third-order valence-electron chi connectivity index (χ3n) is 20.2. The number of hydrogen-bond acceptors (Lipinski definition) is 14. The molecule has 0 aliphatic carbocycles. The standard InChI is InChI=1S/C85H147N3O14/c1-8-12-15-18-21-24-27-30-33-36-39-42-45-48-51-54-62-96-76-66-73(84(94)86(7)61-65-98-79(90)59-60-80(91)100-70-88-83(93)71(5)69-87(85(88)95)78-68-75(74(11-4)101-78)102-81(92)58-57-72(6)89)67-77(97-63-55-52-49-46-43-40-37-34-31-28-25-22-19-16-13-9-2)82(76)99-64-56-53-50-47-44-41-38-35-32-29-26-23-20-17-14-10-3/h66-67,69,74-75,78H,8-65,68,70H2,1-7H3/t74-,75-,78-/m1/s1. The minimum absolute atomic E-state index is 0.0522. The molecule has 1 aliphatic heterocycles. The van der Waals surface area contributed by atoms with Crippen LogP contribution in [-0.4, -0.2) is 95.9 Å². The van der Waals surface area contributed by atoms with E-state index in [0.29, 0.717) is 49.1 Å². The van der Waals surface area contributed by atoms with Crippen molar-refractivity contribution in [2.75, 3.05) is 40.0 Å². The summed E-state index contributed by atoms with van der Waals surface area (Å²) in [5.41, 5.74) is -0.915. The van der Waals surface area contributed by atoms with Crippen molar-refractivity contribution >= 4 is 29.6 Å². The summed E-state index contributed by atoms with van der Waals surface area (Å²) in [6.07, 6.45) is 60.7. The number of aromatic nitrogens is 2. The van der Waals surface area contributed by atoms with E-state index in [0.717, 1.165) is 55.9 Å². The van der Waals surface area contributed by atoms with Gasteiger partial charge in [-0.3, -0.25) is 28.5 Å². The van der Waals surface area contributed by atoms with Crippen LogP contribution in [0.5, 0.6) is 17.2 Å². The normalized spacial score (nSPS) is 14.3. The van der Waals surface area contributed by atoms with Crippen LogP contribution in [0.3, 0.4) is 0 Å². The average molecular weight is 1440 g/mol. The molecule has 1 amide bonds. The molecule has 586 valence electrons. The lowest BCUT2D eigenvalue weighted by Crippen LogP contribution is -2.43. The molecule has 1 fully saturated rings. The van der Waals surface area contributed by atoms with Crippen molar-refractivity contribution in [1.29, 1.82) is 0 Å². The fourth-order valence-corrected chi connectivity index (χ4v) is 13.6. The lowest BCUT2D eigenvalue weighted by atomic mass is 10.0. The van der Waals surface area contributed by atoms with E-state index in [-0.39, 0.29) is 62.5 Å². The van der Waals surface area contributed by atoms with Gasteiger partial charge in [0.2, 0.25) is 5.75 Å². The highest BCUT2D eigenvalue weighted by Gasteiger charge is 2.39. The van der Waals surface area contributed by atoms with E-state index < -0.39 is 54.3 Å². The molecule has 0 spiro atoms. The molecule has 17 nitrogen and oxygen atoms in total. The smallest absolute Gasteiger partial charge is 0.335 e. The molecule has 1 saturated heterocycles. The first-order chi connectivity index (χ1) is 49.7.